The maximum absolute atomic E-state index is 10.8. The van der Waals surface area contributed by atoms with Gasteiger partial charge >= 0.3 is 10.4 Å². The number of hydrogen-bond acceptors (Lipinski definition) is 10. The molecule has 0 aromatic heterocycles. The molecule has 1 aliphatic heterocycles. The summed E-state index contributed by atoms with van der Waals surface area (Å²) in [4.78, 5) is 0. The number of aliphatic hydroxyl groups excluding tert-OH is 4. The number of aryl methyl sites for hydroxylation is 1. The Morgan fingerprint density at radius 3 is 2.43 bits per heavy atom. The first-order chi connectivity index (χ1) is 13.2. The molecule has 1 fully saturated rings. The number of aliphatic hydroxyl groups is 4. The Hall–Kier alpha value is -1.25. The van der Waals surface area contributed by atoms with E-state index in [1.807, 2.05) is 30.3 Å². The van der Waals surface area contributed by atoms with Gasteiger partial charge in [-0.25, -0.2) is 4.28 Å². The Kier molecular flexibility index (Phi) is 8.64. The second kappa shape index (κ2) is 10.5. The summed E-state index contributed by atoms with van der Waals surface area (Å²) in [7, 11) is -4.82. The molecule has 0 aliphatic carbocycles. The summed E-state index contributed by atoms with van der Waals surface area (Å²) < 4.78 is 39.8. The summed E-state index contributed by atoms with van der Waals surface area (Å²) in [6.07, 6.45) is -4.29. The van der Waals surface area contributed by atoms with Crippen molar-refractivity contribution in [2.75, 3.05) is 6.61 Å². The van der Waals surface area contributed by atoms with E-state index in [4.69, 9.17) is 9.29 Å². The largest absolute Gasteiger partial charge is 0.466 e. The highest BCUT2D eigenvalue weighted by Gasteiger charge is 2.44. The SMILES string of the molecule is O=S(=O)(O)O/N=C(\CCCc1ccccc1)SC1OC(CO)C(O)C(O)C1O. The van der Waals surface area contributed by atoms with Gasteiger partial charge in [0.05, 0.1) is 6.61 Å². The smallest absolute Gasteiger partial charge is 0.394 e. The van der Waals surface area contributed by atoms with E-state index in [0.717, 1.165) is 17.3 Å². The first-order valence-corrected chi connectivity index (χ1v) is 10.7. The molecule has 0 saturated carbocycles. The molecule has 1 heterocycles. The average Bonchev–Trinajstić information content (AvgIpc) is 2.66. The highest BCUT2D eigenvalue weighted by molar-refractivity contribution is 8.14. The van der Waals surface area contributed by atoms with Gasteiger partial charge in [0, 0.05) is 0 Å². The molecule has 0 bridgehead atoms. The van der Waals surface area contributed by atoms with Gasteiger partial charge in [-0.2, -0.15) is 8.42 Å². The van der Waals surface area contributed by atoms with E-state index >= 15 is 0 Å². The highest BCUT2D eigenvalue weighted by atomic mass is 32.3. The predicted molar refractivity (Wildman–Crippen MR) is 101 cm³/mol. The fourth-order valence-corrected chi connectivity index (χ4v) is 3.94. The van der Waals surface area contributed by atoms with Crippen molar-refractivity contribution in [2.24, 2.45) is 5.16 Å². The van der Waals surface area contributed by atoms with Crippen LogP contribution in [0, 0.1) is 0 Å². The number of ether oxygens (including phenoxy) is 1. The maximum Gasteiger partial charge on any atom is 0.466 e. The van der Waals surface area contributed by atoms with Crippen LogP contribution in [0.2, 0.25) is 0 Å². The molecule has 5 unspecified atom stereocenters. The first-order valence-electron chi connectivity index (χ1n) is 8.45. The van der Waals surface area contributed by atoms with Crippen molar-refractivity contribution in [2.45, 2.75) is 49.1 Å². The summed E-state index contributed by atoms with van der Waals surface area (Å²) in [6, 6.07) is 9.50. The third kappa shape index (κ3) is 6.97. The van der Waals surface area contributed by atoms with E-state index in [9.17, 15) is 28.8 Å². The molecular formula is C16H23NO9S2. The molecule has 1 aromatic carbocycles. The van der Waals surface area contributed by atoms with E-state index < -0.39 is 46.9 Å². The topological polar surface area (TPSA) is 166 Å². The van der Waals surface area contributed by atoms with Crippen LogP contribution in [0.3, 0.4) is 0 Å². The van der Waals surface area contributed by atoms with Crippen LogP contribution in [0.1, 0.15) is 18.4 Å². The Labute approximate surface area is 166 Å². The maximum atomic E-state index is 10.8. The zero-order valence-electron chi connectivity index (χ0n) is 14.7. The quantitative estimate of drug-likeness (QED) is 0.157. The molecule has 1 aromatic rings. The molecule has 1 saturated heterocycles. The second-order valence-corrected chi connectivity index (χ2v) is 8.32. The van der Waals surface area contributed by atoms with E-state index in [1.165, 1.54) is 0 Å². The third-order valence-corrected chi connectivity index (χ3v) is 5.47. The third-order valence-electron chi connectivity index (χ3n) is 4.03. The Morgan fingerprint density at radius 1 is 1.14 bits per heavy atom. The number of rotatable bonds is 8. The van der Waals surface area contributed by atoms with E-state index in [0.29, 0.717) is 12.8 Å². The van der Waals surface area contributed by atoms with E-state index in [1.54, 1.807) is 0 Å². The monoisotopic (exact) mass is 437 g/mol. The summed E-state index contributed by atoms with van der Waals surface area (Å²) in [5, 5.41) is 42.5. The van der Waals surface area contributed by atoms with Crippen molar-refractivity contribution >= 4 is 27.2 Å². The van der Waals surface area contributed by atoms with Gasteiger partial charge in [-0.3, -0.25) is 4.55 Å². The van der Waals surface area contributed by atoms with Gasteiger partial charge in [-0.05, 0) is 24.8 Å². The number of nitrogens with zero attached hydrogens (tertiary/aromatic N) is 1. The molecule has 0 radical (unpaired) electrons. The van der Waals surface area contributed by atoms with Crippen LogP contribution in [0.5, 0.6) is 0 Å². The van der Waals surface area contributed by atoms with Crippen molar-refractivity contribution < 1.29 is 42.4 Å². The Balaban J connectivity index is 2.05. The Bertz CT molecular complexity index is 742. The van der Waals surface area contributed by atoms with Gasteiger partial charge in [-0.1, -0.05) is 47.2 Å². The summed E-state index contributed by atoms with van der Waals surface area (Å²) in [6.45, 7) is -0.593. The zero-order valence-corrected chi connectivity index (χ0v) is 16.4. The van der Waals surface area contributed by atoms with E-state index in [2.05, 4.69) is 9.44 Å². The van der Waals surface area contributed by atoms with Gasteiger partial charge in [0.2, 0.25) is 0 Å². The van der Waals surface area contributed by atoms with Crippen LogP contribution in [0.15, 0.2) is 35.5 Å². The molecule has 28 heavy (non-hydrogen) atoms. The molecule has 0 spiro atoms. The Morgan fingerprint density at radius 2 is 1.82 bits per heavy atom. The molecule has 5 N–H and O–H groups in total. The summed E-state index contributed by atoms with van der Waals surface area (Å²) in [5.74, 6) is 0. The standard InChI is InChI=1S/C16H23NO9S2/c18-9-11-13(19)14(20)15(21)16(25-11)27-12(17-26-28(22,23)24)8-4-7-10-5-2-1-3-6-10/h1-3,5-6,11,13-16,18-21H,4,7-9H2,(H,22,23,24)/b17-12+. The second-order valence-electron chi connectivity index (χ2n) is 6.14. The van der Waals surface area contributed by atoms with Gasteiger partial charge in [0.1, 0.15) is 34.9 Å². The van der Waals surface area contributed by atoms with Gasteiger partial charge in [-0.15, -0.1) is 0 Å². The molecule has 10 nitrogen and oxygen atoms in total. The number of oxime groups is 1. The van der Waals surface area contributed by atoms with Gasteiger partial charge in [0.25, 0.3) is 0 Å². The number of thioether (sulfide) groups is 1. The number of hydrogen-bond donors (Lipinski definition) is 5. The number of benzene rings is 1. The van der Waals surface area contributed by atoms with Crippen molar-refractivity contribution in [1.29, 1.82) is 0 Å². The van der Waals surface area contributed by atoms with Crippen LogP contribution >= 0.6 is 11.8 Å². The van der Waals surface area contributed by atoms with Crippen molar-refractivity contribution in [1.82, 2.24) is 0 Å². The lowest BCUT2D eigenvalue weighted by molar-refractivity contribution is -0.205. The minimum atomic E-state index is -4.82. The van der Waals surface area contributed by atoms with Crippen LogP contribution in [0.25, 0.3) is 0 Å². The van der Waals surface area contributed by atoms with Crippen molar-refractivity contribution in [3.05, 3.63) is 35.9 Å². The molecule has 158 valence electrons. The minimum absolute atomic E-state index is 0.0814. The molecular weight excluding hydrogens is 414 g/mol. The molecule has 0 amide bonds. The van der Waals surface area contributed by atoms with Crippen LogP contribution < -0.4 is 0 Å². The predicted octanol–water partition coefficient (Wildman–Crippen LogP) is -0.325. The fourth-order valence-electron chi connectivity index (χ4n) is 2.60. The molecule has 2 rings (SSSR count). The summed E-state index contributed by atoms with van der Waals surface area (Å²) >= 11 is 0.769. The summed E-state index contributed by atoms with van der Waals surface area (Å²) in [5.41, 5.74) is -0.0913. The molecule has 5 atom stereocenters. The fraction of sp³-hybridized carbons (Fsp3) is 0.562. The average molecular weight is 437 g/mol. The normalized spacial score (nSPS) is 28.9. The van der Waals surface area contributed by atoms with Crippen LogP contribution in [0.4, 0.5) is 0 Å². The first kappa shape index (κ1) is 23.0. The molecule has 1 aliphatic rings. The minimum Gasteiger partial charge on any atom is -0.394 e. The van der Waals surface area contributed by atoms with Crippen LogP contribution in [-0.2, 0) is 25.8 Å². The molecule has 12 heteroatoms. The van der Waals surface area contributed by atoms with Crippen LogP contribution in [-0.4, -0.2) is 74.9 Å². The van der Waals surface area contributed by atoms with Crippen molar-refractivity contribution in [3.8, 4) is 0 Å². The van der Waals surface area contributed by atoms with Crippen molar-refractivity contribution in [3.63, 3.8) is 0 Å². The lowest BCUT2D eigenvalue weighted by atomic mass is 10.0. The van der Waals surface area contributed by atoms with Gasteiger partial charge < -0.3 is 25.2 Å². The lowest BCUT2D eigenvalue weighted by Crippen LogP contribution is -2.57. The van der Waals surface area contributed by atoms with Gasteiger partial charge in [0.15, 0.2) is 0 Å². The highest BCUT2D eigenvalue weighted by Crippen LogP contribution is 2.30. The zero-order chi connectivity index (χ0) is 20.7. The van der Waals surface area contributed by atoms with E-state index in [-0.39, 0.29) is 11.5 Å². The lowest BCUT2D eigenvalue weighted by Gasteiger charge is -2.39.